The van der Waals surface area contributed by atoms with Gasteiger partial charge in [-0.15, -0.1) is 0 Å². The van der Waals surface area contributed by atoms with Crippen molar-refractivity contribution < 1.29 is 9.84 Å². The van der Waals surface area contributed by atoms with E-state index in [0.29, 0.717) is 29.9 Å². The number of aryl methyl sites for hydroxylation is 1. The summed E-state index contributed by atoms with van der Waals surface area (Å²) in [5.41, 5.74) is 12.1. The van der Waals surface area contributed by atoms with Crippen molar-refractivity contribution in [2.45, 2.75) is 81.7 Å². The summed E-state index contributed by atoms with van der Waals surface area (Å²) in [7, 11) is 0. The second-order valence-corrected chi connectivity index (χ2v) is 12.5. The Labute approximate surface area is 235 Å². The van der Waals surface area contributed by atoms with Gasteiger partial charge in [0, 0.05) is 36.4 Å². The maximum absolute atomic E-state index is 10.2. The molecule has 2 bridgehead atoms. The van der Waals surface area contributed by atoms with E-state index >= 15 is 0 Å². The van der Waals surface area contributed by atoms with Crippen LogP contribution >= 0.6 is 0 Å². The summed E-state index contributed by atoms with van der Waals surface area (Å²) in [6, 6.07) is 18.7. The van der Waals surface area contributed by atoms with Crippen molar-refractivity contribution in [3.63, 3.8) is 0 Å². The number of benzene rings is 2. The van der Waals surface area contributed by atoms with E-state index in [4.69, 9.17) is 15.5 Å². The molecule has 2 aromatic carbocycles. The summed E-state index contributed by atoms with van der Waals surface area (Å²) < 4.78 is 8.88. The van der Waals surface area contributed by atoms with E-state index < -0.39 is 0 Å². The second kappa shape index (κ2) is 9.60. The number of aliphatic hydroxyl groups is 1. The van der Waals surface area contributed by atoms with E-state index in [2.05, 4.69) is 63.1 Å². The van der Waals surface area contributed by atoms with Crippen LogP contribution in [-0.2, 0) is 6.42 Å². The smallest absolute Gasteiger partial charge is 0.146 e. The van der Waals surface area contributed by atoms with Gasteiger partial charge in [0.05, 0.1) is 11.5 Å². The molecule has 1 saturated carbocycles. The zero-order valence-corrected chi connectivity index (χ0v) is 22.8. The van der Waals surface area contributed by atoms with Crippen molar-refractivity contribution in [1.82, 2.24) is 19.4 Å². The highest BCUT2D eigenvalue weighted by molar-refractivity contribution is 6.00. The molecular weight excluding hydrogens is 498 g/mol. The lowest BCUT2D eigenvalue weighted by molar-refractivity contribution is 0.0124. The monoisotopic (exact) mass is 535 g/mol. The average molecular weight is 536 g/mol. The summed E-state index contributed by atoms with van der Waals surface area (Å²) >= 11 is 0. The number of nitrogens with zero attached hydrogens (tertiary/aromatic N) is 4. The van der Waals surface area contributed by atoms with Crippen molar-refractivity contribution >= 4 is 16.9 Å². The van der Waals surface area contributed by atoms with Crippen LogP contribution in [0.4, 0.5) is 5.82 Å². The molecule has 40 heavy (non-hydrogen) atoms. The highest BCUT2D eigenvalue weighted by Gasteiger charge is 2.43. The normalized spacial score (nSPS) is 29.6. The van der Waals surface area contributed by atoms with Crippen LogP contribution in [0.2, 0.25) is 0 Å². The van der Waals surface area contributed by atoms with E-state index in [9.17, 15) is 5.11 Å². The first-order valence-electron chi connectivity index (χ1n) is 15.0. The number of anilines is 1. The number of piperidine rings is 1. The van der Waals surface area contributed by atoms with Crippen molar-refractivity contribution in [3.8, 4) is 16.9 Å². The Kier molecular flexibility index (Phi) is 5.85. The molecule has 3 fully saturated rings. The summed E-state index contributed by atoms with van der Waals surface area (Å²) in [6.07, 6.45) is 12.5. The van der Waals surface area contributed by atoms with Gasteiger partial charge in [-0.2, -0.15) is 0 Å². The van der Waals surface area contributed by atoms with Crippen LogP contribution in [0.25, 0.3) is 22.2 Å². The van der Waals surface area contributed by atoms with Crippen LogP contribution in [0.15, 0.2) is 61.1 Å². The van der Waals surface area contributed by atoms with Gasteiger partial charge in [0.2, 0.25) is 0 Å². The minimum atomic E-state index is -0.101. The lowest BCUT2D eigenvalue weighted by Crippen LogP contribution is -2.48. The molecule has 7 nitrogen and oxygen atoms in total. The van der Waals surface area contributed by atoms with E-state index in [0.717, 1.165) is 73.0 Å². The van der Waals surface area contributed by atoms with Crippen LogP contribution in [0, 0.1) is 5.92 Å². The number of aromatic nitrogens is 3. The first kappa shape index (κ1) is 24.4. The topological polar surface area (TPSA) is 89.4 Å². The molecule has 0 spiro atoms. The summed E-state index contributed by atoms with van der Waals surface area (Å²) in [6.45, 7) is 1.16. The average Bonchev–Trinajstić information content (AvgIpc) is 3.45. The SMILES string of the molecule is Nc1ncnc2c1c(-c1ccc3c(c1)OC(c1ccccc1)CC3)cn2C1CC(CN2[C@@H]3CC[C@H]2CC(O)C3)C1. The molecule has 8 rings (SSSR count). The largest absolute Gasteiger partial charge is 0.485 e. The molecule has 206 valence electrons. The van der Waals surface area contributed by atoms with E-state index in [1.807, 2.05) is 6.07 Å². The van der Waals surface area contributed by atoms with Gasteiger partial charge >= 0.3 is 0 Å². The van der Waals surface area contributed by atoms with Crippen molar-refractivity contribution in [3.05, 3.63) is 72.2 Å². The Bertz CT molecular complexity index is 1530. The van der Waals surface area contributed by atoms with Gasteiger partial charge in [0.15, 0.2) is 0 Å². The molecule has 5 heterocycles. The molecule has 3 aliphatic heterocycles. The quantitative estimate of drug-likeness (QED) is 0.342. The summed E-state index contributed by atoms with van der Waals surface area (Å²) in [5, 5.41) is 11.1. The first-order valence-corrected chi connectivity index (χ1v) is 15.0. The van der Waals surface area contributed by atoms with Gasteiger partial charge in [-0.1, -0.05) is 42.5 Å². The Morgan fingerprint density at radius 3 is 2.52 bits per heavy atom. The molecule has 0 radical (unpaired) electrons. The molecule has 2 aromatic heterocycles. The van der Waals surface area contributed by atoms with Crippen LogP contribution in [-0.4, -0.2) is 49.3 Å². The fourth-order valence-electron chi connectivity index (χ4n) is 7.96. The van der Waals surface area contributed by atoms with Crippen molar-refractivity contribution in [2.24, 2.45) is 5.92 Å². The van der Waals surface area contributed by atoms with Crippen LogP contribution in [0.1, 0.15) is 68.2 Å². The van der Waals surface area contributed by atoms with Gasteiger partial charge in [-0.25, -0.2) is 9.97 Å². The molecule has 0 amide bonds. The number of ether oxygens (including phenoxy) is 1. The van der Waals surface area contributed by atoms with Gasteiger partial charge in [-0.05, 0) is 80.0 Å². The number of hydrogen-bond acceptors (Lipinski definition) is 6. The summed E-state index contributed by atoms with van der Waals surface area (Å²) in [5.74, 6) is 2.17. The number of nitrogens with two attached hydrogens (primary N) is 1. The first-order chi connectivity index (χ1) is 19.6. The molecule has 2 saturated heterocycles. The van der Waals surface area contributed by atoms with E-state index in [1.54, 1.807) is 6.33 Å². The standard InChI is InChI=1S/C33H37N5O2/c34-32-31-28(23-7-6-22-8-11-29(40-30(22)14-23)21-4-2-1-3-5-21)18-38(33(31)36-19-35-32)26-12-20(13-26)17-37-24-9-10-25(37)16-27(39)15-24/h1-7,14,18-20,24-27,29,39H,8-13,15-17H2,(H2,34,35,36)/t20?,24-,25+,26?,27?,29?. The fraction of sp³-hybridized carbons (Fsp3) is 0.455. The number of rotatable bonds is 5. The zero-order valence-electron chi connectivity index (χ0n) is 22.8. The predicted molar refractivity (Wildman–Crippen MR) is 156 cm³/mol. The lowest BCUT2D eigenvalue weighted by atomic mass is 9.79. The predicted octanol–water partition coefficient (Wildman–Crippen LogP) is 5.69. The maximum Gasteiger partial charge on any atom is 0.146 e. The van der Waals surface area contributed by atoms with Gasteiger partial charge in [0.25, 0.3) is 0 Å². The minimum absolute atomic E-state index is 0.0732. The third-order valence-corrected chi connectivity index (χ3v) is 10.1. The molecule has 7 heteroatoms. The number of fused-ring (bicyclic) bond motifs is 4. The zero-order chi connectivity index (χ0) is 26.8. The molecule has 2 unspecified atom stereocenters. The molecule has 4 atom stereocenters. The van der Waals surface area contributed by atoms with Crippen LogP contribution in [0.5, 0.6) is 5.75 Å². The maximum atomic E-state index is 10.2. The molecule has 3 N–H and O–H groups in total. The van der Waals surface area contributed by atoms with E-state index in [-0.39, 0.29) is 12.2 Å². The number of hydrogen-bond donors (Lipinski definition) is 2. The molecule has 4 aliphatic rings. The van der Waals surface area contributed by atoms with Gasteiger partial charge < -0.3 is 20.1 Å². The fourth-order valence-corrected chi connectivity index (χ4v) is 7.96. The molecular formula is C33H37N5O2. The molecule has 4 aromatic rings. The Balaban J connectivity index is 1.06. The number of nitrogen functional groups attached to an aromatic ring is 1. The summed E-state index contributed by atoms with van der Waals surface area (Å²) in [4.78, 5) is 11.8. The molecule has 1 aliphatic carbocycles. The number of aliphatic hydroxyl groups excluding tert-OH is 1. The minimum Gasteiger partial charge on any atom is -0.485 e. The van der Waals surface area contributed by atoms with Gasteiger partial charge in [-0.3, -0.25) is 4.90 Å². The van der Waals surface area contributed by atoms with Crippen molar-refractivity contribution in [1.29, 1.82) is 0 Å². The highest BCUT2D eigenvalue weighted by atomic mass is 16.5. The van der Waals surface area contributed by atoms with E-state index in [1.165, 1.54) is 24.0 Å². The van der Waals surface area contributed by atoms with Crippen LogP contribution in [0.3, 0.4) is 0 Å². The third kappa shape index (κ3) is 4.10. The highest BCUT2D eigenvalue weighted by Crippen LogP contribution is 2.46. The lowest BCUT2D eigenvalue weighted by Gasteiger charge is -2.44. The Morgan fingerprint density at radius 2 is 1.73 bits per heavy atom. The Hall–Kier alpha value is -3.42. The second-order valence-electron chi connectivity index (χ2n) is 12.5. The van der Waals surface area contributed by atoms with Crippen molar-refractivity contribution in [2.75, 3.05) is 12.3 Å². The van der Waals surface area contributed by atoms with Crippen LogP contribution < -0.4 is 10.5 Å². The third-order valence-electron chi connectivity index (χ3n) is 10.1. The van der Waals surface area contributed by atoms with Gasteiger partial charge in [0.1, 0.15) is 29.6 Å². The Morgan fingerprint density at radius 1 is 0.925 bits per heavy atom.